The van der Waals surface area contributed by atoms with E-state index >= 15 is 0 Å². The number of hydrogen-bond donors (Lipinski definition) is 0. The second-order valence-corrected chi connectivity index (χ2v) is 8.09. The quantitative estimate of drug-likeness (QED) is 0.337. The van der Waals surface area contributed by atoms with Crippen molar-refractivity contribution in [3.63, 3.8) is 0 Å². The number of hydrogen-bond acceptors (Lipinski definition) is 1. The normalized spacial score (nSPS) is 13.5. The van der Waals surface area contributed by atoms with Crippen LogP contribution >= 0.6 is 0 Å². The molecule has 0 spiro atoms. The Balaban J connectivity index is 1.63. The molecule has 8 heteroatoms. The van der Waals surface area contributed by atoms with E-state index in [4.69, 9.17) is 0 Å². The topological polar surface area (TPSA) is 9.23 Å². The molecule has 0 amide bonds. The Labute approximate surface area is 191 Å². The SMILES string of the molecule is CCCc1cc(F)c(C2=CCc3cc(-c4ccc(OC(F)(F)F)c(F)c4)c(F)cc3C2)c(F)c1. The van der Waals surface area contributed by atoms with Crippen molar-refractivity contribution in [3.8, 4) is 16.9 Å². The van der Waals surface area contributed by atoms with E-state index in [1.807, 2.05) is 6.92 Å². The fourth-order valence-electron chi connectivity index (χ4n) is 4.18. The molecular weight excluding hydrogens is 461 g/mol. The van der Waals surface area contributed by atoms with Gasteiger partial charge in [-0.2, -0.15) is 0 Å². The third-order valence-corrected chi connectivity index (χ3v) is 5.67. The zero-order chi connectivity index (χ0) is 24.6. The average molecular weight is 480 g/mol. The van der Waals surface area contributed by atoms with Crippen molar-refractivity contribution < 1.29 is 35.5 Å². The summed E-state index contributed by atoms with van der Waals surface area (Å²) in [6.45, 7) is 1.91. The summed E-state index contributed by atoms with van der Waals surface area (Å²) < 4.78 is 99.0. The van der Waals surface area contributed by atoms with Gasteiger partial charge in [0.15, 0.2) is 11.6 Å². The van der Waals surface area contributed by atoms with E-state index in [2.05, 4.69) is 4.74 Å². The minimum absolute atomic E-state index is 0.00524. The summed E-state index contributed by atoms with van der Waals surface area (Å²) in [5.41, 5.74) is 2.04. The summed E-state index contributed by atoms with van der Waals surface area (Å²) in [5.74, 6) is -4.38. The van der Waals surface area contributed by atoms with E-state index in [0.29, 0.717) is 28.7 Å². The molecule has 3 aromatic carbocycles. The van der Waals surface area contributed by atoms with Crippen molar-refractivity contribution in [1.82, 2.24) is 0 Å². The Morgan fingerprint density at radius 1 is 0.824 bits per heavy atom. The van der Waals surface area contributed by atoms with Gasteiger partial charge in [-0.25, -0.2) is 17.6 Å². The van der Waals surface area contributed by atoms with Crippen molar-refractivity contribution in [2.75, 3.05) is 0 Å². The van der Waals surface area contributed by atoms with Gasteiger partial charge in [0.05, 0.1) is 0 Å². The maximum Gasteiger partial charge on any atom is 0.573 e. The molecule has 1 nitrogen and oxygen atoms in total. The van der Waals surface area contributed by atoms with E-state index in [9.17, 15) is 30.7 Å². The van der Waals surface area contributed by atoms with Crippen molar-refractivity contribution >= 4 is 5.57 Å². The molecule has 0 aliphatic heterocycles. The standard InChI is InChI=1S/C26H19F7O/c1-2-3-14-8-22(29)25(23(30)9-14)17-5-4-15-11-19(20(27)13-18(15)10-17)16-6-7-24(21(28)12-16)34-26(31,32)33/h5-9,11-13H,2-4,10H2,1H3. The van der Waals surface area contributed by atoms with Crippen LogP contribution in [0.5, 0.6) is 5.75 Å². The van der Waals surface area contributed by atoms with Gasteiger partial charge in [-0.15, -0.1) is 13.2 Å². The molecule has 178 valence electrons. The number of allylic oxidation sites excluding steroid dienone is 2. The lowest BCUT2D eigenvalue weighted by Crippen LogP contribution is -2.17. The van der Waals surface area contributed by atoms with Crippen LogP contribution in [-0.4, -0.2) is 6.36 Å². The van der Waals surface area contributed by atoms with Crippen LogP contribution in [0.3, 0.4) is 0 Å². The van der Waals surface area contributed by atoms with E-state index in [1.54, 1.807) is 6.08 Å². The molecule has 0 saturated heterocycles. The Morgan fingerprint density at radius 3 is 2.15 bits per heavy atom. The molecule has 0 bridgehead atoms. The lowest BCUT2D eigenvalue weighted by atomic mass is 9.85. The highest BCUT2D eigenvalue weighted by Gasteiger charge is 2.32. The zero-order valence-electron chi connectivity index (χ0n) is 18.0. The molecule has 34 heavy (non-hydrogen) atoms. The van der Waals surface area contributed by atoms with Gasteiger partial charge in [-0.05, 0) is 83.5 Å². The molecule has 3 aromatic rings. The van der Waals surface area contributed by atoms with Crippen LogP contribution < -0.4 is 4.74 Å². The third kappa shape index (κ3) is 4.95. The third-order valence-electron chi connectivity index (χ3n) is 5.67. The van der Waals surface area contributed by atoms with Crippen molar-refractivity contribution in [2.24, 2.45) is 0 Å². The summed E-state index contributed by atoms with van der Waals surface area (Å²) in [7, 11) is 0. The van der Waals surface area contributed by atoms with Gasteiger partial charge < -0.3 is 4.74 Å². The Kier molecular flexibility index (Phi) is 6.43. The van der Waals surface area contributed by atoms with Crippen LogP contribution in [0.2, 0.25) is 0 Å². The number of benzene rings is 3. The predicted molar refractivity (Wildman–Crippen MR) is 114 cm³/mol. The lowest BCUT2D eigenvalue weighted by molar-refractivity contribution is -0.275. The second-order valence-electron chi connectivity index (χ2n) is 8.09. The molecule has 0 N–H and O–H groups in total. The van der Waals surface area contributed by atoms with Gasteiger partial charge in [0.25, 0.3) is 0 Å². The second kappa shape index (κ2) is 9.16. The summed E-state index contributed by atoms with van der Waals surface area (Å²) in [6, 6.07) is 7.96. The lowest BCUT2D eigenvalue weighted by Gasteiger charge is -2.20. The van der Waals surface area contributed by atoms with Gasteiger partial charge >= 0.3 is 6.36 Å². The molecule has 0 heterocycles. The first-order valence-corrected chi connectivity index (χ1v) is 10.6. The van der Waals surface area contributed by atoms with Gasteiger partial charge in [0.2, 0.25) is 0 Å². The number of fused-ring (bicyclic) bond motifs is 1. The van der Waals surface area contributed by atoms with Crippen molar-refractivity contribution in [2.45, 2.75) is 39.0 Å². The molecule has 4 rings (SSSR count). The van der Waals surface area contributed by atoms with Crippen LogP contribution in [0.15, 0.2) is 48.5 Å². The smallest absolute Gasteiger partial charge is 0.403 e. The minimum Gasteiger partial charge on any atom is -0.403 e. The number of halogens is 7. The minimum atomic E-state index is -5.06. The molecule has 1 aliphatic carbocycles. The van der Waals surface area contributed by atoms with Crippen molar-refractivity contribution in [3.05, 3.63) is 94.1 Å². The van der Waals surface area contributed by atoms with E-state index in [1.165, 1.54) is 24.3 Å². The summed E-state index contributed by atoms with van der Waals surface area (Å²) >= 11 is 0. The summed E-state index contributed by atoms with van der Waals surface area (Å²) in [5, 5.41) is 0. The molecule has 0 aromatic heterocycles. The largest absolute Gasteiger partial charge is 0.573 e. The molecular formula is C26H19F7O. The molecule has 0 unspecified atom stereocenters. The number of alkyl halides is 3. The monoisotopic (exact) mass is 480 g/mol. The molecule has 0 fully saturated rings. The van der Waals surface area contributed by atoms with Gasteiger partial charge in [-0.1, -0.05) is 25.5 Å². The van der Waals surface area contributed by atoms with Crippen molar-refractivity contribution in [1.29, 1.82) is 0 Å². The Hall–Kier alpha value is -3.29. The summed E-state index contributed by atoms with van der Waals surface area (Å²) in [6.07, 6.45) is -1.75. The molecule has 0 atom stereocenters. The Morgan fingerprint density at radius 2 is 1.53 bits per heavy atom. The maximum absolute atomic E-state index is 14.9. The van der Waals surface area contributed by atoms with Crippen LogP contribution in [0.1, 0.15) is 35.6 Å². The highest BCUT2D eigenvalue weighted by atomic mass is 19.4. The first kappa shape index (κ1) is 23.9. The average Bonchev–Trinajstić information content (AvgIpc) is 2.73. The Bertz CT molecular complexity index is 1250. The van der Waals surface area contributed by atoms with E-state index in [0.717, 1.165) is 24.6 Å². The van der Waals surface area contributed by atoms with Gasteiger partial charge in [0.1, 0.15) is 17.5 Å². The predicted octanol–water partition coefficient (Wildman–Crippen LogP) is 7.94. The van der Waals surface area contributed by atoms with Crippen LogP contribution in [0.4, 0.5) is 30.7 Å². The molecule has 0 saturated carbocycles. The highest BCUT2D eigenvalue weighted by molar-refractivity contribution is 5.74. The molecule has 0 radical (unpaired) electrons. The zero-order valence-corrected chi connectivity index (χ0v) is 18.0. The van der Waals surface area contributed by atoms with E-state index in [-0.39, 0.29) is 29.5 Å². The molecule has 1 aliphatic rings. The van der Waals surface area contributed by atoms with Gasteiger partial charge in [0, 0.05) is 11.1 Å². The van der Waals surface area contributed by atoms with Gasteiger partial charge in [-0.3, -0.25) is 0 Å². The first-order chi connectivity index (χ1) is 16.1. The first-order valence-electron chi connectivity index (χ1n) is 10.6. The van der Waals surface area contributed by atoms with Crippen LogP contribution in [-0.2, 0) is 19.3 Å². The number of ether oxygens (including phenoxy) is 1. The number of aryl methyl sites for hydroxylation is 1. The van der Waals surface area contributed by atoms with Crippen LogP contribution in [0, 0.1) is 23.3 Å². The number of rotatable bonds is 5. The summed E-state index contributed by atoms with van der Waals surface area (Å²) in [4.78, 5) is 0. The van der Waals surface area contributed by atoms with Crippen LogP contribution in [0.25, 0.3) is 16.7 Å². The fraction of sp³-hybridized carbons (Fsp3) is 0.231. The maximum atomic E-state index is 14.9. The fourth-order valence-corrected chi connectivity index (χ4v) is 4.18. The van der Waals surface area contributed by atoms with E-state index < -0.39 is 35.4 Å². The highest BCUT2D eigenvalue weighted by Crippen LogP contribution is 2.36.